The Morgan fingerprint density at radius 2 is 0.725 bits per heavy atom. The summed E-state index contributed by atoms with van der Waals surface area (Å²) >= 11 is 0. The molecule has 0 aliphatic heterocycles. The molecule has 1 nitrogen and oxygen atoms in total. The molecule has 0 heterocycles. The van der Waals surface area contributed by atoms with E-state index in [0.29, 0.717) is 5.69 Å². The molecular weight excluding hydrogens is 482 g/mol. The van der Waals surface area contributed by atoms with Gasteiger partial charge in [-0.15, -0.1) is 0 Å². The summed E-state index contributed by atoms with van der Waals surface area (Å²) in [4.78, 5) is 3.53. The second-order valence-electron chi connectivity index (χ2n) is 10.5. The predicted molar refractivity (Wildman–Crippen MR) is 171 cm³/mol. The Bertz CT molecular complexity index is 2320. The van der Waals surface area contributed by atoms with Crippen LogP contribution in [0.2, 0.25) is 0 Å². The first-order chi connectivity index (χ1) is 19.7. The lowest BCUT2D eigenvalue weighted by molar-refractivity contribution is 1.65. The van der Waals surface area contributed by atoms with Gasteiger partial charge in [0.25, 0.3) is 0 Å². The zero-order chi connectivity index (χ0) is 26.6. The van der Waals surface area contributed by atoms with Gasteiger partial charge in [0.15, 0.2) is 5.69 Å². The second kappa shape index (κ2) is 8.80. The molecule has 0 atom stereocenters. The quantitative estimate of drug-likeness (QED) is 0.163. The lowest BCUT2D eigenvalue weighted by atomic mass is 9.92. The molecule has 0 radical (unpaired) electrons. The van der Waals surface area contributed by atoms with Crippen LogP contribution in [0.3, 0.4) is 0 Å². The smallest absolute Gasteiger partial charge is 0.187 e. The van der Waals surface area contributed by atoms with Crippen LogP contribution in [-0.2, 0) is 0 Å². The number of fused-ring (bicyclic) bond motifs is 8. The van der Waals surface area contributed by atoms with Crippen molar-refractivity contribution in [1.29, 1.82) is 0 Å². The molecule has 0 aliphatic rings. The van der Waals surface area contributed by atoms with Gasteiger partial charge < -0.3 is 0 Å². The van der Waals surface area contributed by atoms with Crippen LogP contribution in [0.5, 0.6) is 0 Å². The topological polar surface area (TPSA) is 4.36 Å². The number of hydrogen-bond donors (Lipinski definition) is 0. The highest BCUT2D eigenvalue weighted by molar-refractivity contribution is 6.18. The van der Waals surface area contributed by atoms with Gasteiger partial charge in [-0.1, -0.05) is 121 Å². The normalized spacial score (nSPS) is 11.5. The summed E-state index contributed by atoms with van der Waals surface area (Å²) in [6.45, 7) is 7.25. The van der Waals surface area contributed by atoms with Crippen molar-refractivity contribution in [2.45, 2.75) is 0 Å². The molecule has 0 bridgehead atoms. The zero-order valence-electron chi connectivity index (χ0n) is 21.7. The van der Waals surface area contributed by atoms with Crippen molar-refractivity contribution >= 4 is 59.5 Å². The van der Waals surface area contributed by atoms with Crippen LogP contribution >= 0.6 is 0 Å². The molecule has 184 valence electrons. The highest BCUT2D eigenvalue weighted by Crippen LogP contribution is 2.37. The molecule has 0 spiro atoms. The van der Waals surface area contributed by atoms with Crippen LogP contribution < -0.4 is 0 Å². The third kappa shape index (κ3) is 3.55. The maximum atomic E-state index is 7.25. The number of rotatable bonds is 2. The van der Waals surface area contributed by atoms with Crippen molar-refractivity contribution < 1.29 is 0 Å². The third-order valence-corrected chi connectivity index (χ3v) is 8.25. The summed E-state index contributed by atoms with van der Waals surface area (Å²) in [6, 6.07) is 50.2. The van der Waals surface area contributed by atoms with E-state index < -0.39 is 0 Å². The Labute approximate surface area is 232 Å². The van der Waals surface area contributed by atoms with E-state index in [1.54, 1.807) is 0 Å². The summed E-state index contributed by atoms with van der Waals surface area (Å²) in [6.07, 6.45) is 0. The SMILES string of the molecule is [C-]#[N+]c1ccc(-c2ccc3ccc4c5cc(-c6ccc7ccc8ccccc8c7c6)ccc5ccc4c3c2)cc1. The molecule has 0 aromatic heterocycles. The molecule has 8 aromatic carbocycles. The van der Waals surface area contributed by atoms with Gasteiger partial charge in [0.2, 0.25) is 0 Å². The zero-order valence-corrected chi connectivity index (χ0v) is 21.7. The Hall–Kier alpha value is -5.45. The van der Waals surface area contributed by atoms with E-state index >= 15 is 0 Å². The van der Waals surface area contributed by atoms with E-state index in [-0.39, 0.29) is 0 Å². The average molecular weight is 506 g/mol. The molecule has 0 N–H and O–H groups in total. The summed E-state index contributed by atoms with van der Waals surface area (Å²) in [5, 5.41) is 12.6. The van der Waals surface area contributed by atoms with Gasteiger partial charge in [0.1, 0.15) is 0 Å². The fourth-order valence-electron chi connectivity index (χ4n) is 6.13. The van der Waals surface area contributed by atoms with Crippen molar-refractivity contribution in [3.8, 4) is 22.3 Å². The Morgan fingerprint density at radius 3 is 1.27 bits per heavy atom. The monoisotopic (exact) mass is 505 g/mol. The first kappa shape index (κ1) is 22.5. The van der Waals surface area contributed by atoms with Gasteiger partial charge in [-0.2, -0.15) is 0 Å². The lowest BCUT2D eigenvalue weighted by Crippen LogP contribution is -1.85. The highest BCUT2D eigenvalue weighted by atomic mass is 14.6. The standard InChI is InChI=1S/C39H23N/c1-40-33-18-14-25(15-19-33)30-11-8-28-16-21-36-35(38(28)22-30)20-17-29-10-13-32(24-39(29)36)31-12-9-27-7-6-26-4-2-3-5-34(26)37(27)23-31/h2-24H. The van der Waals surface area contributed by atoms with Crippen LogP contribution in [0.4, 0.5) is 5.69 Å². The predicted octanol–water partition coefficient (Wildman–Crippen LogP) is 11.3. The Balaban J connectivity index is 1.31. The number of benzene rings is 8. The average Bonchev–Trinajstić information content (AvgIpc) is 3.03. The molecular formula is C39H23N. The van der Waals surface area contributed by atoms with Crippen molar-refractivity contribution in [3.05, 3.63) is 151 Å². The molecule has 0 unspecified atom stereocenters. The minimum atomic E-state index is 0.664. The van der Waals surface area contributed by atoms with Crippen LogP contribution in [-0.4, -0.2) is 0 Å². The minimum Gasteiger partial charge on any atom is -0.238 e. The van der Waals surface area contributed by atoms with E-state index in [1.807, 2.05) is 24.3 Å². The Kier molecular flexibility index (Phi) is 4.96. The van der Waals surface area contributed by atoms with E-state index in [2.05, 4.69) is 120 Å². The van der Waals surface area contributed by atoms with Gasteiger partial charge >= 0.3 is 0 Å². The molecule has 0 saturated heterocycles. The molecule has 0 saturated carbocycles. The van der Waals surface area contributed by atoms with Gasteiger partial charge in [-0.05, 0) is 94.3 Å². The van der Waals surface area contributed by atoms with E-state index in [1.165, 1.54) is 65.0 Å². The van der Waals surface area contributed by atoms with Gasteiger partial charge in [-0.3, -0.25) is 0 Å². The number of nitrogens with zero attached hydrogens (tertiary/aromatic N) is 1. The minimum absolute atomic E-state index is 0.664. The second-order valence-corrected chi connectivity index (χ2v) is 10.5. The molecule has 0 aliphatic carbocycles. The van der Waals surface area contributed by atoms with E-state index in [0.717, 1.165) is 11.1 Å². The maximum Gasteiger partial charge on any atom is 0.187 e. The fraction of sp³-hybridized carbons (Fsp3) is 0. The molecule has 1 heteroatoms. The van der Waals surface area contributed by atoms with Crippen LogP contribution in [0.15, 0.2) is 140 Å². The van der Waals surface area contributed by atoms with Crippen molar-refractivity contribution in [2.75, 3.05) is 0 Å². The highest BCUT2D eigenvalue weighted by Gasteiger charge is 2.09. The van der Waals surface area contributed by atoms with E-state index in [9.17, 15) is 0 Å². The van der Waals surface area contributed by atoms with Crippen LogP contribution in [0, 0.1) is 6.57 Å². The van der Waals surface area contributed by atoms with E-state index in [4.69, 9.17) is 6.57 Å². The maximum absolute atomic E-state index is 7.25. The largest absolute Gasteiger partial charge is 0.238 e. The molecule has 40 heavy (non-hydrogen) atoms. The third-order valence-electron chi connectivity index (χ3n) is 8.25. The first-order valence-electron chi connectivity index (χ1n) is 13.5. The summed E-state index contributed by atoms with van der Waals surface area (Å²) in [5.74, 6) is 0. The van der Waals surface area contributed by atoms with Gasteiger partial charge in [-0.25, -0.2) is 4.85 Å². The van der Waals surface area contributed by atoms with Crippen molar-refractivity contribution in [3.63, 3.8) is 0 Å². The first-order valence-corrected chi connectivity index (χ1v) is 13.5. The summed E-state index contributed by atoms with van der Waals surface area (Å²) in [5.41, 5.74) is 5.40. The Morgan fingerprint density at radius 1 is 0.325 bits per heavy atom. The van der Waals surface area contributed by atoms with Crippen LogP contribution in [0.25, 0.3) is 81.0 Å². The van der Waals surface area contributed by atoms with Crippen LogP contribution in [0.1, 0.15) is 0 Å². The lowest BCUT2D eigenvalue weighted by Gasteiger charge is -2.12. The van der Waals surface area contributed by atoms with Crippen molar-refractivity contribution in [1.82, 2.24) is 0 Å². The molecule has 0 amide bonds. The fourth-order valence-corrected chi connectivity index (χ4v) is 6.13. The van der Waals surface area contributed by atoms with Gasteiger partial charge in [0, 0.05) is 0 Å². The summed E-state index contributed by atoms with van der Waals surface area (Å²) < 4.78 is 0. The number of hydrogen-bond acceptors (Lipinski definition) is 0. The van der Waals surface area contributed by atoms with Gasteiger partial charge in [0.05, 0.1) is 6.57 Å². The van der Waals surface area contributed by atoms with Crippen molar-refractivity contribution in [2.24, 2.45) is 0 Å². The molecule has 8 aromatic rings. The molecule has 0 fully saturated rings. The molecule has 8 rings (SSSR count). The summed E-state index contributed by atoms with van der Waals surface area (Å²) in [7, 11) is 0.